The number of hydrogen-bond donors (Lipinski definition) is 1. The summed E-state index contributed by atoms with van der Waals surface area (Å²) in [6, 6.07) is 15.4. The number of nitrogens with one attached hydrogen (secondary N) is 1. The van der Waals surface area contributed by atoms with Gasteiger partial charge in [-0.2, -0.15) is 0 Å². The number of hydrogen-bond acceptors (Lipinski definition) is 6. The number of rotatable bonds is 6. The molecular formula is C25H19ClN2O6. The van der Waals surface area contributed by atoms with Crippen molar-refractivity contribution in [1.82, 2.24) is 0 Å². The van der Waals surface area contributed by atoms with E-state index < -0.39 is 23.7 Å². The molecule has 0 fully saturated rings. The number of carbonyl (C=O) groups excluding carboxylic acids is 4. The molecule has 3 amide bonds. The lowest BCUT2D eigenvalue weighted by Crippen LogP contribution is -2.29. The molecule has 3 aromatic carbocycles. The van der Waals surface area contributed by atoms with Gasteiger partial charge in [-0.05, 0) is 49.4 Å². The molecule has 172 valence electrons. The number of anilines is 2. The van der Waals surface area contributed by atoms with Gasteiger partial charge in [0.2, 0.25) is 0 Å². The number of methoxy groups -OCH3 is 1. The first kappa shape index (κ1) is 23.0. The molecule has 0 saturated carbocycles. The molecule has 8 nitrogen and oxygen atoms in total. The van der Waals surface area contributed by atoms with Gasteiger partial charge >= 0.3 is 5.97 Å². The first-order valence-electron chi connectivity index (χ1n) is 10.3. The fraction of sp³-hybridized carbons (Fsp3) is 0.120. The molecule has 1 N–H and O–H groups in total. The van der Waals surface area contributed by atoms with Gasteiger partial charge in [0.15, 0.2) is 0 Å². The van der Waals surface area contributed by atoms with Crippen molar-refractivity contribution in [3.63, 3.8) is 0 Å². The van der Waals surface area contributed by atoms with Crippen molar-refractivity contribution in [1.29, 1.82) is 0 Å². The monoisotopic (exact) mass is 478 g/mol. The summed E-state index contributed by atoms with van der Waals surface area (Å²) in [7, 11) is 1.38. The zero-order chi connectivity index (χ0) is 24.4. The standard InChI is InChI=1S/C25H19ClN2O6/c1-3-34-25(32)18-12-19(26)20(13-21(18)33-2)27-22(29)14-8-10-15(11-9-14)28-23(30)16-6-4-5-7-17(16)24(28)31/h4-13H,3H2,1-2H3,(H,27,29). The molecule has 3 aromatic rings. The van der Waals surface area contributed by atoms with Crippen LogP contribution >= 0.6 is 11.6 Å². The third kappa shape index (κ3) is 4.11. The number of fused-ring (bicyclic) bond motifs is 1. The van der Waals surface area contributed by atoms with Crippen LogP contribution < -0.4 is 15.0 Å². The Morgan fingerprint density at radius 1 is 0.971 bits per heavy atom. The highest BCUT2D eigenvalue weighted by Gasteiger charge is 2.36. The Bertz CT molecular complexity index is 1280. The van der Waals surface area contributed by atoms with Crippen molar-refractivity contribution in [3.8, 4) is 5.75 Å². The molecule has 0 aliphatic carbocycles. The summed E-state index contributed by atoms with van der Waals surface area (Å²) >= 11 is 6.26. The van der Waals surface area contributed by atoms with E-state index in [1.807, 2.05) is 0 Å². The van der Waals surface area contributed by atoms with Crippen LogP contribution in [0, 0.1) is 0 Å². The van der Waals surface area contributed by atoms with Crippen LogP contribution in [0.15, 0.2) is 60.7 Å². The third-order valence-electron chi connectivity index (χ3n) is 5.21. The first-order chi connectivity index (χ1) is 16.3. The SMILES string of the molecule is CCOC(=O)c1cc(Cl)c(NC(=O)c2ccc(N3C(=O)c4ccccc4C3=O)cc2)cc1OC. The predicted molar refractivity (Wildman–Crippen MR) is 126 cm³/mol. The number of imide groups is 1. The first-order valence-corrected chi connectivity index (χ1v) is 10.7. The minimum Gasteiger partial charge on any atom is -0.496 e. The van der Waals surface area contributed by atoms with E-state index in [1.54, 1.807) is 31.2 Å². The van der Waals surface area contributed by atoms with E-state index in [1.165, 1.54) is 43.5 Å². The van der Waals surface area contributed by atoms with Crippen LogP contribution in [0.4, 0.5) is 11.4 Å². The van der Waals surface area contributed by atoms with Gasteiger partial charge in [-0.3, -0.25) is 14.4 Å². The fourth-order valence-electron chi connectivity index (χ4n) is 3.57. The second kappa shape index (κ2) is 9.36. The van der Waals surface area contributed by atoms with E-state index >= 15 is 0 Å². The molecule has 0 saturated heterocycles. The second-order valence-corrected chi connectivity index (χ2v) is 7.65. The van der Waals surface area contributed by atoms with Crippen molar-refractivity contribution < 1.29 is 28.7 Å². The number of nitrogens with zero attached hydrogens (tertiary/aromatic N) is 1. The molecule has 0 unspecified atom stereocenters. The van der Waals surface area contributed by atoms with Crippen LogP contribution in [0.25, 0.3) is 0 Å². The molecule has 0 atom stereocenters. The third-order valence-corrected chi connectivity index (χ3v) is 5.53. The summed E-state index contributed by atoms with van der Waals surface area (Å²) < 4.78 is 10.2. The summed E-state index contributed by atoms with van der Waals surface area (Å²) in [5, 5.41) is 2.79. The lowest BCUT2D eigenvalue weighted by molar-refractivity contribution is 0.0522. The molecule has 0 bridgehead atoms. The van der Waals surface area contributed by atoms with E-state index in [2.05, 4.69) is 5.32 Å². The topological polar surface area (TPSA) is 102 Å². The summed E-state index contributed by atoms with van der Waals surface area (Å²) in [5.41, 5.74) is 1.66. The van der Waals surface area contributed by atoms with Crippen molar-refractivity contribution in [3.05, 3.63) is 87.9 Å². The normalized spacial score (nSPS) is 12.4. The number of ether oxygens (including phenoxy) is 2. The molecule has 4 rings (SSSR count). The largest absolute Gasteiger partial charge is 0.496 e. The van der Waals surface area contributed by atoms with Crippen LogP contribution in [0.1, 0.15) is 48.4 Å². The Hall–Kier alpha value is -4.17. The molecule has 1 aliphatic rings. The highest BCUT2D eigenvalue weighted by atomic mass is 35.5. The molecule has 1 heterocycles. The maximum Gasteiger partial charge on any atom is 0.341 e. The minimum atomic E-state index is -0.595. The highest BCUT2D eigenvalue weighted by molar-refractivity contribution is 6.35. The molecule has 0 radical (unpaired) electrons. The summed E-state index contributed by atoms with van der Waals surface area (Å²) in [5.74, 6) is -1.72. The van der Waals surface area contributed by atoms with Crippen LogP contribution in [-0.2, 0) is 4.74 Å². The van der Waals surface area contributed by atoms with E-state index in [4.69, 9.17) is 21.1 Å². The predicted octanol–water partition coefficient (Wildman–Crippen LogP) is 4.58. The number of halogens is 1. The summed E-state index contributed by atoms with van der Waals surface area (Å²) in [4.78, 5) is 51.2. The minimum absolute atomic E-state index is 0.125. The van der Waals surface area contributed by atoms with Gasteiger partial charge in [0, 0.05) is 11.6 Å². The zero-order valence-electron chi connectivity index (χ0n) is 18.3. The smallest absolute Gasteiger partial charge is 0.341 e. The van der Waals surface area contributed by atoms with Gasteiger partial charge in [-0.15, -0.1) is 0 Å². The average Bonchev–Trinajstić information content (AvgIpc) is 3.10. The quantitative estimate of drug-likeness (QED) is 0.411. The molecule has 0 spiro atoms. The van der Waals surface area contributed by atoms with Crippen LogP contribution in [-0.4, -0.2) is 37.4 Å². The van der Waals surface area contributed by atoms with E-state index in [0.717, 1.165) is 4.90 Å². The molecule has 1 aliphatic heterocycles. The van der Waals surface area contributed by atoms with Gasteiger partial charge in [-0.1, -0.05) is 23.7 Å². The van der Waals surface area contributed by atoms with Gasteiger partial charge in [0.05, 0.1) is 41.2 Å². The Morgan fingerprint density at radius 2 is 1.59 bits per heavy atom. The second-order valence-electron chi connectivity index (χ2n) is 7.25. The molecule has 0 aromatic heterocycles. The Labute approximate surface area is 200 Å². The molecule has 9 heteroatoms. The fourth-order valence-corrected chi connectivity index (χ4v) is 3.78. The zero-order valence-corrected chi connectivity index (χ0v) is 19.0. The number of esters is 1. The van der Waals surface area contributed by atoms with Gasteiger partial charge in [0.25, 0.3) is 17.7 Å². The van der Waals surface area contributed by atoms with E-state index in [0.29, 0.717) is 16.8 Å². The maximum atomic E-state index is 12.8. The molecule has 34 heavy (non-hydrogen) atoms. The number of carbonyl (C=O) groups is 4. The van der Waals surface area contributed by atoms with Gasteiger partial charge in [-0.25, -0.2) is 9.69 Å². The molecular weight excluding hydrogens is 460 g/mol. The van der Waals surface area contributed by atoms with Crippen LogP contribution in [0.5, 0.6) is 5.75 Å². The average molecular weight is 479 g/mol. The van der Waals surface area contributed by atoms with Gasteiger partial charge < -0.3 is 14.8 Å². The van der Waals surface area contributed by atoms with E-state index in [-0.39, 0.29) is 34.2 Å². The number of benzene rings is 3. The van der Waals surface area contributed by atoms with Gasteiger partial charge in [0.1, 0.15) is 11.3 Å². The Balaban J connectivity index is 1.54. The number of amides is 3. The highest BCUT2D eigenvalue weighted by Crippen LogP contribution is 2.32. The van der Waals surface area contributed by atoms with E-state index in [9.17, 15) is 19.2 Å². The van der Waals surface area contributed by atoms with Crippen LogP contribution in [0.3, 0.4) is 0 Å². The van der Waals surface area contributed by atoms with Crippen molar-refractivity contribution in [2.45, 2.75) is 6.92 Å². The maximum absolute atomic E-state index is 12.8. The Morgan fingerprint density at radius 3 is 2.15 bits per heavy atom. The van der Waals surface area contributed by atoms with Crippen LogP contribution in [0.2, 0.25) is 5.02 Å². The lowest BCUT2D eigenvalue weighted by Gasteiger charge is -2.15. The summed E-state index contributed by atoms with van der Waals surface area (Å²) in [6.07, 6.45) is 0. The summed E-state index contributed by atoms with van der Waals surface area (Å²) in [6.45, 7) is 1.87. The van der Waals surface area contributed by atoms with Crippen molar-refractivity contribution >= 4 is 46.7 Å². The Kier molecular flexibility index (Phi) is 6.34. The van der Waals surface area contributed by atoms with Crippen molar-refractivity contribution in [2.75, 3.05) is 23.9 Å². The lowest BCUT2D eigenvalue weighted by atomic mass is 10.1. The van der Waals surface area contributed by atoms with Crippen molar-refractivity contribution in [2.24, 2.45) is 0 Å².